The zero-order chi connectivity index (χ0) is 13.8. The van der Waals surface area contributed by atoms with Gasteiger partial charge in [-0.25, -0.2) is 4.39 Å². The van der Waals surface area contributed by atoms with Gasteiger partial charge in [0.15, 0.2) is 0 Å². The Morgan fingerprint density at radius 3 is 2.44 bits per heavy atom. The highest BCUT2D eigenvalue weighted by molar-refractivity contribution is 5.33. The van der Waals surface area contributed by atoms with Gasteiger partial charge in [-0.05, 0) is 18.1 Å². The first-order valence-electron chi connectivity index (χ1n) is 5.99. The molecule has 0 saturated carbocycles. The SMILES string of the molecule is CCCCC[C@H](N)c1cccc(F)c1C(F)(F)F. The van der Waals surface area contributed by atoms with Crippen LogP contribution in [0.5, 0.6) is 0 Å². The lowest BCUT2D eigenvalue weighted by Gasteiger charge is -2.18. The highest BCUT2D eigenvalue weighted by Crippen LogP contribution is 2.36. The molecular weight excluding hydrogens is 246 g/mol. The van der Waals surface area contributed by atoms with Crippen LogP contribution in [-0.4, -0.2) is 0 Å². The second kappa shape index (κ2) is 6.18. The van der Waals surface area contributed by atoms with Gasteiger partial charge in [-0.3, -0.25) is 0 Å². The van der Waals surface area contributed by atoms with Crippen molar-refractivity contribution < 1.29 is 17.6 Å². The number of hydrogen-bond acceptors (Lipinski definition) is 1. The van der Waals surface area contributed by atoms with Gasteiger partial charge in [0.1, 0.15) is 5.82 Å². The van der Waals surface area contributed by atoms with Crippen LogP contribution in [0.15, 0.2) is 18.2 Å². The van der Waals surface area contributed by atoms with Crippen molar-refractivity contribution in [3.63, 3.8) is 0 Å². The molecule has 1 nitrogen and oxygen atoms in total. The van der Waals surface area contributed by atoms with Crippen molar-refractivity contribution in [1.29, 1.82) is 0 Å². The lowest BCUT2D eigenvalue weighted by molar-refractivity contribution is -0.140. The van der Waals surface area contributed by atoms with E-state index in [-0.39, 0.29) is 5.56 Å². The van der Waals surface area contributed by atoms with E-state index in [9.17, 15) is 17.6 Å². The van der Waals surface area contributed by atoms with Gasteiger partial charge >= 0.3 is 6.18 Å². The predicted molar refractivity (Wildman–Crippen MR) is 62.5 cm³/mol. The van der Waals surface area contributed by atoms with E-state index in [2.05, 4.69) is 0 Å². The molecule has 0 heterocycles. The zero-order valence-electron chi connectivity index (χ0n) is 10.2. The second-order valence-corrected chi connectivity index (χ2v) is 4.30. The highest BCUT2D eigenvalue weighted by atomic mass is 19.4. The molecule has 0 aromatic heterocycles. The zero-order valence-corrected chi connectivity index (χ0v) is 10.2. The smallest absolute Gasteiger partial charge is 0.324 e. The number of benzene rings is 1. The minimum Gasteiger partial charge on any atom is -0.324 e. The molecule has 1 rings (SSSR count). The molecule has 0 spiro atoms. The largest absolute Gasteiger partial charge is 0.419 e. The van der Waals surface area contributed by atoms with Gasteiger partial charge in [0.05, 0.1) is 5.56 Å². The van der Waals surface area contributed by atoms with E-state index < -0.39 is 23.6 Å². The van der Waals surface area contributed by atoms with Crippen LogP contribution in [-0.2, 0) is 6.18 Å². The summed E-state index contributed by atoms with van der Waals surface area (Å²) in [5.74, 6) is -1.26. The monoisotopic (exact) mass is 263 g/mol. The number of hydrogen-bond donors (Lipinski definition) is 1. The van der Waals surface area contributed by atoms with Crippen LogP contribution >= 0.6 is 0 Å². The Hall–Kier alpha value is -1.10. The molecule has 0 fully saturated rings. The van der Waals surface area contributed by atoms with Crippen molar-refractivity contribution >= 4 is 0 Å². The molecule has 18 heavy (non-hydrogen) atoms. The molecule has 0 bridgehead atoms. The van der Waals surface area contributed by atoms with Gasteiger partial charge in [-0.1, -0.05) is 38.3 Å². The van der Waals surface area contributed by atoms with Crippen LogP contribution in [0.3, 0.4) is 0 Å². The van der Waals surface area contributed by atoms with Gasteiger partial charge in [-0.2, -0.15) is 13.2 Å². The molecule has 0 radical (unpaired) electrons. The molecule has 2 N–H and O–H groups in total. The molecule has 0 saturated heterocycles. The molecule has 0 unspecified atom stereocenters. The van der Waals surface area contributed by atoms with Crippen molar-refractivity contribution in [3.05, 3.63) is 35.1 Å². The molecule has 1 atom stereocenters. The summed E-state index contributed by atoms with van der Waals surface area (Å²) in [6.07, 6.45) is -1.67. The topological polar surface area (TPSA) is 26.0 Å². The van der Waals surface area contributed by atoms with Crippen LogP contribution < -0.4 is 5.73 Å². The Labute approximate surface area is 104 Å². The number of rotatable bonds is 5. The minimum atomic E-state index is -4.71. The highest BCUT2D eigenvalue weighted by Gasteiger charge is 2.37. The number of unbranched alkanes of at least 4 members (excludes halogenated alkanes) is 2. The standard InChI is InChI=1S/C13H17F4N/c1-2-3-4-8-11(18)9-6-5-7-10(14)12(9)13(15,16)17/h5-7,11H,2-4,8,18H2,1H3/t11-/m0/s1. The minimum absolute atomic E-state index is 0.154. The van der Waals surface area contributed by atoms with E-state index in [4.69, 9.17) is 5.73 Å². The average Bonchev–Trinajstić information content (AvgIpc) is 2.27. The first-order chi connectivity index (χ1) is 8.38. The normalized spacial score (nSPS) is 13.7. The van der Waals surface area contributed by atoms with Gasteiger partial charge < -0.3 is 5.73 Å². The third-order valence-electron chi connectivity index (χ3n) is 2.85. The summed E-state index contributed by atoms with van der Waals surface area (Å²) in [4.78, 5) is 0. The average molecular weight is 263 g/mol. The molecule has 1 aromatic carbocycles. The summed E-state index contributed by atoms with van der Waals surface area (Å²) in [6, 6.07) is 2.55. The summed E-state index contributed by atoms with van der Waals surface area (Å²) in [5, 5.41) is 0. The fourth-order valence-electron chi connectivity index (χ4n) is 1.92. The summed E-state index contributed by atoms with van der Waals surface area (Å²) < 4.78 is 51.6. The van der Waals surface area contributed by atoms with E-state index in [1.54, 1.807) is 0 Å². The lowest BCUT2D eigenvalue weighted by atomic mass is 9.96. The summed E-state index contributed by atoms with van der Waals surface area (Å²) in [7, 11) is 0. The molecule has 0 amide bonds. The first kappa shape index (κ1) is 15.0. The van der Waals surface area contributed by atoms with Gasteiger partial charge in [0, 0.05) is 6.04 Å². The second-order valence-electron chi connectivity index (χ2n) is 4.30. The summed E-state index contributed by atoms with van der Waals surface area (Å²) >= 11 is 0. The third kappa shape index (κ3) is 3.70. The van der Waals surface area contributed by atoms with Gasteiger partial charge in [0.25, 0.3) is 0 Å². The lowest BCUT2D eigenvalue weighted by Crippen LogP contribution is -2.19. The number of alkyl halides is 3. The molecule has 1 aromatic rings. The van der Waals surface area contributed by atoms with Crippen LogP contribution in [0, 0.1) is 5.82 Å². The van der Waals surface area contributed by atoms with Crippen LogP contribution in [0.25, 0.3) is 0 Å². The molecule has 0 aliphatic carbocycles. The van der Waals surface area contributed by atoms with Crippen molar-refractivity contribution in [1.82, 2.24) is 0 Å². The Bertz CT molecular complexity index is 387. The van der Waals surface area contributed by atoms with E-state index >= 15 is 0 Å². The van der Waals surface area contributed by atoms with Gasteiger partial charge in [0.2, 0.25) is 0 Å². The molecule has 102 valence electrons. The number of nitrogens with two attached hydrogens (primary N) is 1. The Balaban J connectivity index is 2.97. The fraction of sp³-hybridized carbons (Fsp3) is 0.538. The Morgan fingerprint density at radius 1 is 1.22 bits per heavy atom. The van der Waals surface area contributed by atoms with E-state index in [0.717, 1.165) is 25.3 Å². The van der Waals surface area contributed by atoms with E-state index in [1.807, 2.05) is 6.92 Å². The van der Waals surface area contributed by atoms with Crippen molar-refractivity contribution in [3.8, 4) is 0 Å². The summed E-state index contributed by atoms with van der Waals surface area (Å²) in [5.41, 5.74) is 4.35. The molecule has 0 aliphatic heterocycles. The van der Waals surface area contributed by atoms with Crippen molar-refractivity contribution in [2.75, 3.05) is 0 Å². The molecule has 5 heteroatoms. The Kier molecular flexibility index (Phi) is 5.14. The van der Waals surface area contributed by atoms with Crippen molar-refractivity contribution in [2.45, 2.75) is 44.8 Å². The van der Waals surface area contributed by atoms with Crippen LogP contribution in [0.1, 0.15) is 49.8 Å². The molecular formula is C13H17F4N. The van der Waals surface area contributed by atoms with E-state index in [1.165, 1.54) is 12.1 Å². The third-order valence-corrected chi connectivity index (χ3v) is 2.85. The quantitative estimate of drug-likeness (QED) is 0.617. The number of halogens is 4. The van der Waals surface area contributed by atoms with Gasteiger partial charge in [-0.15, -0.1) is 0 Å². The van der Waals surface area contributed by atoms with E-state index in [0.29, 0.717) is 6.42 Å². The maximum Gasteiger partial charge on any atom is 0.419 e. The summed E-state index contributed by atoms with van der Waals surface area (Å²) in [6.45, 7) is 1.99. The Morgan fingerprint density at radius 2 is 1.89 bits per heavy atom. The predicted octanol–water partition coefficient (Wildman–Crippen LogP) is 4.42. The van der Waals surface area contributed by atoms with Crippen LogP contribution in [0.2, 0.25) is 0 Å². The fourth-order valence-corrected chi connectivity index (χ4v) is 1.92. The van der Waals surface area contributed by atoms with Crippen molar-refractivity contribution in [2.24, 2.45) is 5.73 Å². The van der Waals surface area contributed by atoms with Crippen LogP contribution in [0.4, 0.5) is 17.6 Å². The molecule has 0 aliphatic rings. The maximum atomic E-state index is 13.3. The maximum absolute atomic E-state index is 13.3. The first-order valence-corrected chi connectivity index (χ1v) is 5.99.